The summed E-state index contributed by atoms with van der Waals surface area (Å²) in [7, 11) is -4.03. The second kappa shape index (κ2) is 9.71. The van der Waals surface area contributed by atoms with E-state index < -0.39 is 32.0 Å². The summed E-state index contributed by atoms with van der Waals surface area (Å²) in [5.74, 6) is -1.66. The third-order valence-corrected chi connectivity index (χ3v) is 5.42. The SMILES string of the molecule is CN(CCOC(=O)/C=C/C(=O)OCCN(C)S(C)(=O)=O)S(C)(=O)=O. The van der Waals surface area contributed by atoms with E-state index in [1.165, 1.54) is 14.1 Å². The lowest BCUT2D eigenvalue weighted by molar-refractivity contribution is -0.140. The smallest absolute Gasteiger partial charge is 0.331 e. The molecular weight excluding hydrogens is 364 g/mol. The topological polar surface area (TPSA) is 127 Å². The first-order valence-corrected chi connectivity index (χ1v) is 10.4. The number of nitrogens with zero attached hydrogens (tertiary/aromatic N) is 2. The van der Waals surface area contributed by atoms with Crippen LogP contribution in [0, 0.1) is 0 Å². The number of likely N-dealkylation sites (N-methyl/N-ethyl adjacent to an activating group) is 2. The third-order valence-electron chi connectivity index (χ3n) is 2.79. The van der Waals surface area contributed by atoms with Crippen LogP contribution in [0.5, 0.6) is 0 Å². The Balaban J connectivity index is 4.07. The van der Waals surface area contributed by atoms with Gasteiger partial charge in [-0.2, -0.15) is 0 Å². The molecule has 0 aromatic carbocycles. The number of ether oxygens (including phenoxy) is 2. The summed E-state index contributed by atoms with van der Waals surface area (Å²) in [6.07, 6.45) is 3.71. The van der Waals surface area contributed by atoms with Crippen molar-refractivity contribution in [1.82, 2.24) is 8.61 Å². The van der Waals surface area contributed by atoms with Crippen LogP contribution in [0.3, 0.4) is 0 Å². The van der Waals surface area contributed by atoms with Crippen molar-refractivity contribution in [3.05, 3.63) is 12.2 Å². The number of hydrogen-bond donors (Lipinski definition) is 0. The Hall–Kier alpha value is -1.50. The molecule has 140 valence electrons. The van der Waals surface area contributed by atoms with E-state index in [1.807, 2.05) is 0 Å². The van der Waals surface area contributed by atoms with Crippen LogP contribution in [0.1, 0.15) is 0 Å². The lowest BCUT2D eigenvalue weighted by Crippen LogP contribution is -2.29. The van der Waals surface area contributed by atoms with Crippen LogP contribution in [-0.2, 0) is 39.1 Å². The highest BCUT2D eigenvalue weighted by atomic mass is 32.2. The molecule has 10 nitrogen and oxygen atoms in total. The molecule has 0 aliphatic rings. The lowest BCUT2D eigenvalue weighted by Gasteiger charge is -2.13. The Labute approximate surface area is 142 Å². The molecule has 12 heteroatoms. The lowest BCUT2D eigenvalue weighted by atomic mass is 10.5. The maximum atomic E-state index is 11.3. The van der Waals surface area contributed by atoms with Crippen molar-refractivity contribution < 1.29 is 35.9 Å². The van der Waals surface area contributed by atoms with Gasteiger partial charge < -0.3 is 9.47 Å². The van der Waals surface area contributed by atoms with Crippen molar-refractivity contribution in [3.63, 3.8) is 0 Å². The molecule has 0 amide bonds. The fourth-order valence-corrected chi connectivity index (χ4v) is 1.93. The van der Waals surface area contributed by atoms with Crippen molar-refractivity contribution in [2.75, 3.05) is 52.9 Å². The summed E-state index contributed by atoms with van der Waals surface area (Å²) < 4.78 is 55.9. The molecule has 0 heterocycles. The number of rotatable bonds is 10. The molecule has 0 aliphatic heterocycles. The predicted octanol–water partition coefficient (Wildman–Crippen LogP) is -1.59. The number of carbonyl (C=O) groups is 2. The maximum Gasteiger partial charge on any atom is 0.331 e. The number of sulfonamides is 2. The first kappa shape index (κ1) is 22.5. The van der Waals surface area contributed by atoms with Crippen LogP contribution in [0.2, 0.25) is 0 Å². The van der Waals surface area contributed by atoms with Crippen molar-refractivity contribution >= 4 is 32.0 Å². The molecule has 0 rings (SSSR count). The zero-order chi connectivity index (χ0) is 19.0. The average Bonchev–Trinajstić information content (AvgIpc) is 2.42. The number of carbonyl (C=O) groups excluding carboxylic acids is 2. The van der Waals surface area contributed by atoms with Crippen molar-refractivity contribution in [1.29, 1.82) is 0 Å². The summed E-state index contributed by atoms with van der Waals surface area (Å²) >= 11 is 0. The second-order valence-corrected chi connectivity index (χ2v) is 9.02. The molecule has 0 atom stereocenters. The van der Waals surface area contributed by atoms with Gasteiger partial charge in [-0.25, -0.2) is 35.0 Å². The molecule has 0 aromatic rings. The molecule has 0 fully saturated rings. The molecule has 0 spiro atoms. The zero-order valence-electron chi connectivity index (χ0n) is 14.0. The summed E-state index contributed by atoms with van der Waals surface area (Å²) in [5, 5.41) is 0. The zero-order valence-corrected chi connectivity index (χ0v) is 15.6. The molecule has 0 N–H and O–H groups in total. The summed E-state index contributed by atoms with van der Waals surface area (Å²) in [5.41, 5.74) is 0. The minimum absolute atomic E-state index is 0.0132. The minimum Gasteiger partial charge on any atom is -0.461 e. The maximum absolute atomic E-state index is 11.3. The molecular formula is C12H22N2O8S2. The highest BCUT2D eigenvalue weighted by molar-refractivity contribution is 7.88. The van der Waals surface area contributed by atoms with Gasteiger partial charge in [0.1, 0.15) is 13.2 Å². The summed E-state index contributed by atoms with van der Waals surface area (Å²) in [6.45, 7) is -0.358. The Morgan fingerprint density at radius 2 is 1.08 bits per heavy atom. The van der Waals surface area contributed by atoms with Crippen LogP contribution in [0.4, 0.5) is 0 Å². The average molecular weight is 386 g/mol. The monoisotopic (exact) mass is 386 g/mol. The predicted molar refractivity (Wildman–Crippen MR) is 86.0 cm³/mol. The fraction of sp³-hybridized carbons (Fsp3) is 0.667. The van der Waals surface area contributed by atoms with Crippen LogP contribution < -0.4 is 0 Å². The quantitative estimate of drug-likeness (QED) is 0.325. The molecule has 0 aromatic heterocycles. The molecule has 0 radical (unpaired) electrons. The van der Waals surface area contributed by atoms with E-state index in [1.54, 1.807) is 0 Å². The van der Waals surface area contributed by atoms with Crippen LogP contribution in [-0.4, -0.2) is 90.3 Å². The Morgan fingerprint density at radius 1 is 0.792 bits per heavy atom. The number of hydrogen-bond acceptors (Lipinski definition) is 8. The summed E-state index contributed by atoms with van der Waals surface area (Å²) in [6, 6.07) is 0. The first-order chi connectivity index (χ1) is 10.8. The van der Waals surface area contributed by atoms with Gasteiger partial charge in [0.15, 0.2) is 0 Å². The highest BCUT2D eigenvalue weighted by Gasteiger charge is 2.12. The third kappa shape index (κ3) is 10.3. The van der Waals surface area contributed by atoms with Crippen LogP contribution in [0.25, 0.3) is 0 Å². The molecule has 0 saturated heterocycles. The van der Waals surface area contributed by atoms with Crippen LogP contribution in [0.15, 0.2) is 12.2 Å². The number of esters is 2. The van der Waals surface area contributed by atoms with Gasteiger partial charge >= 0.3 is 11.9 Å². The second-order valence-electron chi connectivity index (χ2n) is 4.84. The standard InChI is InChI=1S/C12H22N2O8S2/c1-13(23(3,17)18)7-9-21-11(15)5-6-12(16)22-10-8-14(2)24(4,19)20/h5-6H,7-10H2,1-4H3/b6-5+. The molecule has 0 saturated carbocycles. The van der Waals surface area contributed by atoms with E-state index in [9.17, 15) is 26.4 Å². The molecule has 24 heavy (non-hydrogen) atoms. The Morgan fingerprint density at radius 3 is 1.33 bits per heavy atom. The van der Waals surface area contributed by atoms with Gasteiger partial charge in [0.2, 0.25) is 20.0 Å². The van der Waals surface area contributed by atoms with E-state index in [0.29, 0.717) is 0 Å². The van der Waals surface area contributed by atoms with Gasteiger partial charge in [0, 0.05) is 39.3 Å². The van der Waals surface area contributed by atoms with Gasteiger partial charge in [0.25, 0.3) is 0 Å². The van der Waals surface area contributed by atoms with Gasteiger partial charge in [-0.1, -0.05) is 0 Å². The van der Waals surface area contributed by atoms with E-state index >= 15 is 0 Å². The van der Waals surface area contributed by atoms with Gasteiger partial charge in [-0.3, -0.25) is 0 Å². The van der Waals surface area contributed by atoms with E-state index in [0.717, 1.165) is 33.3 Å². The van der Waals surface area contributed by atoms with Crippen LogP contribution >= 0.6 is 0 Å². The Bertz CT molecular complexity index is 611. The first-order valence-electron chi connectivity index (χ1n) is 6.68. The van der Waals surface area contributed by atoms with E-state index in [2.05, 4.69) is 0 Å². The fourth-order valence-electron chi connectivity index (χ4n) is 1.11. The minimum atomic E-state index is -3.35. The largest absolute Gasteiger partial charge is 0.461 e. The van der Waals surface area contributed by atoms with Gasteiger partial charge in [0.05, 0.1) is 12.5 Å². The van der Waals surface area contributed by atoms with Gasteiger partial charge in [-0.05, 0) is 0 Å². The van der Waals surface area contributed by atoms with Gasteiger partial charge in [-0.15, -0.1) is 0 Å². The highest BCUT2D eigenvalue weighted by Crippen LogP contribution is 1.94. The molecule has 0 aliphatic carbocycles. The van der Waals surface area contributed by atoms with E-state index in [4.69, 9.17) is 9.47 Å². The van der Waals surface area contributed by atoms with E-state index in [-0.39, 0.29) is 26.3 Å². The van der Waals surface area contributed by atoms with Crippen molar-refractivity contribution in [2.45, 2.75) is 0 Å². The normalized spacial score (nSPS) is 12.8. The molecule has 0 bridgehead atoms. The Kier molecular flexibility index (Phi) is 9.11. The van der Waals surface area contributed by atoms with Crippen molar-refractivity contribution in [3.8, 4) is 0 Å². The van der Waals surface area contributed by atoms with Crippen molar-refractivity contribution in [2.24, 2.45) is 0 Å². The molecule has 0 unspecified atom stereocenters. The summed E-state index contributed by atoms with van der Waals surface area (Å²) in [4.78, 5) is 22.6.